The summed E-state index contributed by atoms with van der Waals surface area (Å²) in [4.78, 5) is 0. The second kappa shape index (κ2) is 3.69. The minimum absolute atomic E-state index is 0.135. The zero-order chi connectivity index (χ0) is 12.7. The summed E-state index contributed by atoms with van der Waals surface area (Å²) in [6, 6.07) is 9.68. The van der Waals surface area contributed by atoms with Crippen LogP contribution < -0.4 is 0 Å². The monoisotopic (exact) mass is 234 g/mol. The number of rotatable bonds is 1. The first kappa shape index (κ1) is 11.8. The molecule has 2 rings (SSSR count). The van der Waals surface area contributed by atoms with Crippen LogP contribution in [0.15, 0.2) is 42.0 Å². The summed E-state index contributed by atoms with van der Waals surface area (Å²) in [5.41, 5.74) is 0.594. The van der Waals surface area contributed by atoms with Crippen LogP contribution in [0.25, 0.3) is 0 Å². The molecule has 1 N–H and O–H groups in total. The van der Waals surface area contributed by atoms with Gasteiger partial charge >= 0.3 is 5.95 Å². The SMILES string of the molecule is CC1=C(O)O[C@@](c2ccccc2)(C(C)(C)C)O1. The van der Waals surface area contributed by atoms with Crippen molar-refractivity contribution in [3.63, 3.8) is 0 Å². The molecular formula is C14H18O3. The average molecular weight is 234 g/mol. The molecule has 17 heavy (non-hydrogen) atoms. The Kier molecular flexibility index (Phi) is 2.57. The average Bonchev–Trinajstić information content (AvgIpc) is 2.57. The van der Waals surface area contributed by atoms with E-state index < -0.39 is 5.79 Å². The van der Waals surface area contributed by atoms with Gasteiger partial charge in [-0.25, -0.2) is 0 Å². The molecule has 3 heteroatoms. The molecule has 1 aliphatic rings. The fraction of sp³-hybridized carbons (Fsp3) is 0.429. The third-order valence-electron chi connectivity index (χ3n) is 2.98. The first-order chi connectivity index (χ1) is 7.87. The maximum Gasteiger partial charge on any atom is 0.319 e. The molecule has 1 aromatic rings. The molecule has 0 spiro atoms. The number of benzene rings is 1. The Hall–Kier alpha value is -1.64. The van der Waals surface area contributed by atoms with Crippen LogP contribution in [-0.4, -0.2) is 5.11 Å². The van der Waals surface area contributed by atoms with Crippen LogP contribution in [0.4, 0.5) is 0 Å². The van der Waals surface area contributed by atoms with Crippen molar-refractivity contribution in [3.8, 4) is 0 Å². The quantitative estimate of drug-likeness (QED) is 0.805. The molecule has 1 heterocycles. The van der Waals surface area contributed by atoms with E-state index in [1.165, 1.54) is 0 Å². The van der Waals surface area contributed by atoms with Crippen LogP contribution in [0, 0.1) is 5.41 Å². The number of aliphatic hydroxyl groups excluding tert-OH is 1. The molecule has 0 aliphatic carbocycles. The zero-order valence-electron chi connectivity index (χ0n) is 10.7. The lowest BCUT2D eigenvalue weighted by Crippen LogP contribution is -2.41. The molecule has 3 nitrogen and oxygen atoms in total. The van der Waals surface area contributed by atoms with Gasteiger partial charge in [0.25, 0.3) is 5.79 Å². The molecule has 0 unspecified atom stereocenters. The Bertz CT molecular complexity index is 426. The van der Waals surface area contributed by atoms with E-state index >= 15 is 0 Å². The Balaban J connectivity index is 2.50. The smallest absolute Gasteiger partial charge is 0.319 e. The summed E-state index contributed by atoms with van der Waals surface area (Å²) in [6.07, 6.45) is 0. The van der Waals surface area contributed by atoms with Gasteiger partial charge in [0.15, 0.2) is 5.76 Å². The van der Waals surface area contributed by atoms with Crippen molar-refractivity contribution in [3.05, 3.63) is 47.6 Å². The van der Waals surface area contributed by atoms with Crippen LogP contribution in [0.1, 0.15) is 33.3 Å². The highest BCUT2D eigenvalue weighted by Crippen LogP contribution is 2.49. The van der Waals surface area contributed by atoms with Crippen molar-refractivity contribution in [2.24, 2.45) is 5.41 Å². The molecular weight excluding hydrogens is 216 g/mol. The molecule has 0 saturated carbocycles. The Labute approximate surface area is 102 Å². The van der Waals surface area contributed by atoms with Gasteiger partial charge in [0.05, 0.1) is 0 Å². The maximum absolute atomic E-state index is 9.69. The molecule has 0 bridgehead atoms. The van der Waals surface area contributed by atoms with Crippen molar-refractivity contribution < 1.29 is 14.6 Å². The first-order valence-electron chi connectivity index (χ1n) is 5.70. The van der Waals surface area contributed by atoms with E-state index in [0.29, 0.717) is 5.76 Å². The highest BCUT2D eigenvalue weighted by atomic mass is 16.8. The van der Waals surface area contributed by atoms with Gasteiger partial charge in [-0.05, 0) is 0 Å². The lowest BCUT2D eigenvalue weighted by Gasteiger charge is -2.39. The summed E-state index contributed by atoms with van der Waals surface area (Å²) in [5, 5.41) is 9.69. The second-order valence-corrected chi connectivity index (χ2v) is 5.30. The van der Waals surface area contributed by atoms with E-state index in [2.05, 4.69) is 0 Å². The summed E-state index contributed by atoms with van der Waals surface area (Å²) in [6.45, 7) is 7.76. The lowest BCUT2D eigenvalue weighted by molar-refractivity contribution is -0.240. The molecule has 0 radical (unpaired) electrons. The first-order valence-corrected chi connectivity index (χ1v) is 5.70. The lowest BCUT2D eigenvalue weighted by atomic mass is 9.81. The topological polar surface area (TPSA) is 38.7 Å². The van der Waals surface area contributed by atoms with Gasteiger partial charge in [-0.2, -0.15) is 0 Å². The predicted octanol–water partition coefficient (Wildman–Crippen LogP) is 3.68. The highest BCUT2D eigenvalue weighted by Gasteiger charge is 2.53. The Morgan fingerprint density at radius 2 is 1.65 bits per heavy atom. The third kappa shape index (κ3) is 1.75. The van der Waals surface area contributed by atoms with Crippen LogP contribution in [0.3, 0.4) is 0 Å². The third-order valence-corrected chi connectivity index (χ3v) is 2.98. The minimum atomic E-state index is -0.956. The van der Waals surface area contributed by atoms with E-state index in [1.807, 2.05) is 51.1 Å². The van der Waals surface area contributed by atoms with Gasteiger partial charge in [-0.15, -0.1) is 0 Å². The van der Waals surface area contributed by atoms with Gasteiger partial charge < -0.3 is 14.6 Å². The maximum atomic E-state index is 9.69. The fourth-order valence-electron chi connectivity index (χ4n) is 2.00. The summed E-state index contributed by atoms with van der Waals surface area (Å²) < 4.78 is 11.4. The highest BCUT2D eigenvalue weighted by molar-refractivity contribution is 5.25. The number of ether oxygens (including phenoxy) is 2. The number of allylic oxidation sites excluding steroid dienone is 1. The molecule has 1 aliphatic heterocycles. The Morgan fingerprint density at radius 1 is 1.06 bits per heavy atom. The number of hydrogen-bond acceptors (Lipinski definition) is 3. The van der Waals surface area contributed by atoms with E-state index in [0.717, 1.165) is 5.56 Å². The molecule has 0 aromatic heterocycles. The van der Waals surface area contributed by atoms with Crippen molar-refractivity contribution in [2.45, 2.75) is 33.5 Å². The van der Waals surface area contributed by atoms with Crippen molar-refractivity contribution in [1.82, 2.24) is 0 Å². The van der Waals surface area contributed by atoms with Gasteiger partial charge in [0.2, 0.25) is 0 Å². The second-order valence-electron chi connectivity index (χ2n) is 5.30. The summed E-state index contributed by atoms with van der Waals surface area (Å²) >= 11 is 0. The summed E-state index contributed by atoms with van der Waals surface area (Å²) in [5.74, 6) is -0.671. The van der Waals surface area contributed by atoms with Crippen molar-refractivity contribution >= 4 is 0 Å². The van der Waals surface area contributed by atoms with Gasteiger partial charge in [0.1, 0.15) is 0 Å². The van der Waals surface area contributed by atoms with Gasteiger partial charge in [-0.1, -0.05) is 51.1 Å². The zero-order valence-corrected chi connectivity index (χ0v) is 10.7. The molecule has 0 amide bonds. The predicted molar refractivity (Wildman–Crippen MR) is 65.1 cm³/mol. The molecule has 0 saturated heterocycles. The van der Waals surface area contributed by atoms with E-state index in [-0.39, 0.29) is 11.4 Å². The number of aliphatic hydroxyl groups is 1. The Morgan fingerprint density at radius 3 is 2.06 bits per heavy atom. The van der Waals surface area contributed by atoms with Crippen LogP contribution in [-0.2, 0) is 15.3 Å². The van der Waals surface area contributed by atoms with E-state index in [1.54, 1.807) is 6.92 Å². The molecule has 1 atom stereocenters. The van der Waals surface area contributed by atoms with Crippen LogP contribution in [0.5, 0.6) is 0 Å². The number of hydrogen-bond donors (Lipinski definition) is 1. The standard InChI is InChI=1S/C14H18O3/c1-10-12(15)17-14(16-10,13(2,3)4)11-8-6-5-7-9-11/h5-9,15H,1-4H3/t14-/m0/s1. The van der Waals surface area contributed by atoms with Crippen LogP contribution in [0.2, 0.25) is 0 Å². The normalized spacial score (nSPS) is 24.5. The largest absolute Gasteiger partial charge is 0.478 e. The van der Waals surface area contributed by atoms with Gasteiger partial charge in [-0.3, -0.25) is 0 Å². The minimum Gasteiger partial charge on any atom is -0.478 e. The molecule has 1 aromatic carbocycles. The fourth-order valence-corrected chi connectivity index (χ4v) is 2.00. The van der Waals surface area contributed by atoms with E-state index in [9.17, 15) is 5.11 Å². The van der Waals surface area contributed by atoms with Crippen molar-refractivity contribution in [1.29, 1.82) is 0 Å². The van der Waals surface area contributed by atoms with Gasteiger partial charge in [0, 0.05) is 17.9 Å². The van der Waals surface area contributed by atoms with Crippen molar-refractivity contribution in [2.75, 3.05) is 0 Å². The van der Waals surface area contributed by atoms with Crippen LogP contribution >= 0.6 is 0 Å². The molecule has 92 valence electrons. The van der Waals surface area contributed by atoms with E-state index in [4.69, 9.17) is 9.47 Å². The summed E-state index contributed by atoms with van der Waals surface area (Å²) in [7, 11) is 0. The molecule has 0 fully saturated rings.